The maximum absolute atomic E-state index is 12.5. The van der Waals surface area contributed by atoms with Gasteiger partial charge in [-0.1, -0.05) is 39.3 Å². The van der Waals surface area contributed by atoms with Crippen molar-refractivity contribution in [3.8, 4) is 11.1 Å². The van der Waals surface area contributed by atoms with Crippen LogP contribution in [0.5, 0.6) is 0 Å². The lowest BCUT2D eigenvalue weighted by molar-refractivity contribution is 0.0509. The summed E-state index contributed by atoms with van der Waals surface area (Å²) < 4.78 is 21.7. The number of nitrogens with one attached hydrogen (secondary N) is 1. The predicted octanol–water partition coefficient (Wildman–Crippen LogP) is 5.66. The van der Waals surface area contributed by atoms with Gasteiger partial charge in [-0.25, -0.2) is 9.78 Å². The number of hydrogen-bond donors (Lipinski definition) is 1. The highest BCUT2D eigenvalue weighted by Crippen LogP contribution is 2.31. The van der Waals surface area contributed by atoms with E-state index in [1.54, 1.807) is 4.68 Å². The van der Waals surface area contributed by atoms with Gasteiger partial charge < -0.3 is 29.3 Å². The standard InChI is InChI=1S/C31H54N8O4Si2/c1-31(2,3)43-30(40)34-25-11-12-37(21-25)27-17-28(39-29(35-27)26(19-33-39)24-18-32-36(4)20-24)38(22-41-13-15-44(5,6)7)23-42-14-16-45(8,9)10/h17-20,25H,11-16,21-23H2,1-10H3,(H,34,40)/t25-/m0/s1. The summed E-state index contributed by atoms with van der Waals surface area (Å²) in [5.74, 6) is 1.65. The van der Waals surface area contributed by atoms with E-state index >= 15 is 0 Å². The molecular weight excluding hydrogens is 605 g/mol. The Morgan fingerprint density at radius 2 is 1.67 bits per heavy atom. The Bertz CT molecular complexity index is 1400. The number of carbonyl (C=O) groups excluding carboxylic acids is 1. The van der Waals surface area contributed by atoms with Crippen LogP contribution in [0.2, 0.25) is 51.4 Å². The molecule has 45 heavy (non-hydrogen) atoms. The van der Waals surface area contributed by atoms with E-state index in [1.807, 2.05) is 50.9 Å². The molecule has 0 unspecified atom stereocenters. The molecule has 4 rings (SSSR count). The lowest BCUT2D eigenvalue weighted by atomic mass is 10.2. The maximum Gasteiger partial charge on any atom is 0.407 e. The third-order valence-corrected chi connectivity index (χ3v) is 10.9. The summed E-state index contributed by atoms with van der Waals surface area (Å²) >= 11 is 0. The molecule has 14 heteroatoms. The highest BCUT2D eigenvalue weighted by molar-refractivity contribution is 6.76. The minimum atomic E-state index is -1.25. The van der Waals surface area contributed by atoms with Gasteiger partial charge in [0.2, 0.25) is 0 Å². The molecule has 0 spiro atoms. The largest absolute Gasteiger partial charge is 0.444 e. The molecule has 0 aromatic carbocycles. The van der Waals surface area contributed by atoms with Crippen molar-refractivity contribution in [1.29, 1.82) is 0 Å². The highest BCUT2D eigenvalue weighted by Gasteiger charge is 2.29. The monoisotopic (exact) mass is 658 g/mol. The number of aryl methyl sites for hydroxylation is 1. The summed E-state index contributed by atoms with van der Waals surface area (Å²) in [7, 11) is -0.591. The number of nitrogens with zero attached hydrogens (tertiary/aromatic N) is 7. The molecule has 250 valence electrons. The van der Waals surface area contributed by atoms with Crippen LogP contribution >= 0.6 is 0 Å². The third kappa shape index (κ3) is 10.5. The number of anilines is 2. The molecule has 3 aromatic heterocycles. The Balaban J connectivity index is 1.65. The van der Waals surface area contributed by atoms with Crippen molar-refractivity contribution in [2.75, 3.05) is 49.6 Å². The zero-order valence-corrected chi connectivity index (χ0v) is 31.0. The molecule has 1 atom stereocenters. The number of rotatable bonds is 14. The molecule has 1 N–H and O–H groups in total. The van der Waals surface area contributed by atoms with Crippen molar-refractivity contribution >= 4 is 39.5 Å². The van der Waals surface area contributed by atoms with Gasteiger partial charge in [-0.3, -0.25) is 4.68 Å². The first kappa shape index (κ1) is 34.9. The Labute approximate surface area is 270 Å². The highest BCUT2D eigenvalue weighted by atomic mass is 28.3. The van der Waals surface area contributed by atoms with Gasteiger partial charge in [0.25, 0.3) is 0 Å². The lowest BCUT2D eigenvalue weighted by Crippen LogP contribution is -2.40. The average molecular weight is 659 g/mol. The lowest BCUT2D eigenvalue weighted by Gasteiger charge is -2.28. The summed E-state index contributed by atoms with van der Waals surface area (Å²) in [6.07, 6.45) is 6.04. The first-order chi connectivity index (χ1) is 21.0. The van der Waals surface area contributed by atoms with E-state index in [0.29, 0.717) is 33.2 Å². The van der Waals surface area contributed by atoms with Gasteiger partial charge in [0.1, 0.15) is 30.7 Å². The van der Waals surface area contributed by atoms with Crippen LogP contribution in [0, 0.1) is 0 Å². The van der Waals surface area contributed by atoms with E-state index in [2.05, 4.69) is 65.6 Å². The van der Waals surface area contributed by atoms with E-state index < -0.39 is 27.8 Å². The fraction of sp³-hybridized carbons (Fsp3) is 0.677. The Kier molecular flexibility index (Phi) is 11.0. The van der Waals surface area contributed by atoms with Gasteiger partial charge in [-0.2, -0.15) is 14.7 Å². The summed E-state index contributed by atoms with van der Waals surface area (Å²) in [5.41, 5.74) is 2.02. The van der Waals surface area contributed by atoms with Crippen LogP contribution in [0.3, 0.4) is 0 Å². The van der Waals surface area contributed by atoms with Crippen LogP contribution in [0.4, 0.5) is 16.4 Å². The summed E-state index contributed by atoms with van der Waals surface area (Å²) in [4.78, 5) is 21.9. The molecule has 1 fully saturated rings. The Morgan fingerprint density at radius 3 is 2.22 bits per heavy atom. The van der Waals surface area contributed by atoms with Crippen LogP contribution in [-0.4, -0.2) is 98.0 Å². The van der Waals surface area contributed by atoms with Crippen molar-refractivity contribution in [3.05, 3.63) is 24.7 Å². The van der Waals surface area contributed by atoms with Crippen molar-refractivity contribution in [3.63, 3.8) is 0 Å². The van der Waals surface area contributed by atoms with E-state index in [1.165, 1.54) is 0 Å². The molecule has 0 radical (unpaired) electrons. The summed E-state index contributed by atoms with van der Waals surface area (Å²) in [5, 5.41) is 12.2. The van der Waals surface area contributed by atoms with Crippen LogP contribution in [0.1, 0.15) is 27.2 Å². The number of hydrogen-bond acceptors (Lipinski definition) is 9. The molecule has 1 saturated heterocycles. The first-order valence-electron chi connectivity index (χ1n) is 16.0. The number of alkyl carbamates (subject to hydrolysis) is 1. The number of aromatic nitrogens is 5. The van der Waals surface area contributed by atoms with Gasteiger partial charge in [-0.15, -0.1) is 0 Å². The maximum atomic E-state index is 12.5. The molecule has 12 nitrogen and oxygen atoms in total. The van der Waals surface area contributed by atoms with Crippen LogP contribution in [0.25, 0.3) is 16.8 Å². The Hall–Kier alpha value is -2.95. The second kappa shape index (κ2) is 14.2. The molecule has 1 aliphatic heterocycles. The smallest absolute Gasteiger partial charge is 0.407 e. The molecule has 0 saturated carbocycles. The van der Waals surface area contributed by atoms with E-state index in [9.17, 15) is 4.79 Å². The third-order valence-electron chi connectivity index (χ3n) is 7.50. The summed E-state index contributed by atoms with van der Waals surface area (Å²) in [6, 6.07) is 4.18. The van der Waals surface area contributed by atoms with E-state index in [0.717, 1.165) is 53.5 Å². The normalized spacial score (nSPS) is 16.0. The number of ether oxygens (including phenoxy) is 3. The fourth-order valence-electron chi connectivity index (χ4n) is 4.92. The van der Waals surface area contributed by atoms with E-state index in [4.69, 9.17) is 24.3 Å². The molecule has 0 bridgehead atoms. The van der Waals surface area contributed by atoms with Crippen molar-refractivity contribution < 1.29 is 19.0 Å². The molecule has 0 aliphatic carbocycles. The van der Waals surface area contributed by atoms with Crippen molar-refractivity contribution in [2.45, 2.75) is 90.2 Å². The fourth-order valence-corrected chi connectivity index (χ4v) is 6.44. The van der Waals surface area contributed by atoms with Crippen molar-refractivity contribution in [1.82, 2.24) is 29.7 Å². The van der Waals surface area contributed by atoms with Crippen molar-refractivity contribution in [2.24, 2.45) is 7.05 Å². The van der Waals surface area contributed by atoms with Gasteiger partial charge >= 0.3 is 6.09 Å². The first-order valence-corrected chi connectivity index (χ1v) is 23.4. The SMILES string of the molecule is Cn1cc(-c2cnn3c(N(COCC[Si](C)(C)C)COCC[Si](C)(C)C)cc(N4CC[C@H](NC(=O)OC(C)(C)C)C4)nc23)cn1. The van der Waals surface area contributed by atoms with Gasteiger partial charge in [0.05, 0.1) is 18.4 Å². The van der Waals surface area contributed by atoms with Crippen LogP contribution in [0.15, 0.2) is 24.7 Å². The second-order valence-corrected chi connectivity index (χ2v) is 26.7. The second-order valence-electron chi connectivity index (χ2n) is 15.5. The molecular formula is C31H54N8O4Si2. The molecule has 1 amide bonds. The Morgan fingerprint density at radius 1 is 1.02 bits per heavy atom. The molecule has 1 aliphatic rings. The minimum absolute atomic E-state index is 0.0464. The molecule has 3 aromatic rings. The van der Waals surface area contributed by atoms with Gasteiger partial charge in [-0.05, 0) is 39.3 Å². The summed E-state index contributed by atoms with van der Waals surface area (Å²) in [6.45, 7) is 23.3. The zero-order chi connectivity index (χ0) is 33.0. The predicted molar refractivity (Wildman–Crippen MR) is 186 cm³/mol. The topological polar surface area (TPSA) is 111 Å². The van der Waals surface area contributed by atoms with E-state index in [-0.39, 0.29) is 6.04 Å². The van der Waals surface area contributed by atoms with Crippen LogP contribution < -0.4 is 15.1 Å². The molecule has 4 heterocycles. The number of amides is 1. The van der Waals surface area contributed by atoms with Gasteiger partial charge in [0, 0.05) is 72.9 Å². The minimum Gasteiger partial charge on any atom is -0.444 e. The number of fused-ring (bicyclic) bond motifs is 1. The average Bonchev–Trinajstić information content (AvgIpc) is 3.64. The van der Waals surface area contributed by atoms with Crippen LogP contribution in [-0.2, 0) is 21.3 Å². The number of carbonyl (C=O) groups is 1. The quantitative estimate of drug-likeness (QED) is 0.133. The van der Waals surface area contributed by atoms with Gasteiger partial charge in [0.15, 0.2) is 5.65 Å². The zero-order valence-electron chi connectivity index (χ0n) is 29.0.